The minimum atomic E-state index is 0.237. The monoisotopic (exact) mass is 646 g/mol. The maximum absolute atomic E-state index is 12.3. The summed E-state index contributed by atoms with van der Waals surface area (Å²) in [7, 11) is 0. The van der Waals surface area contributed by atoms with Crippen molar-refractivity contribution in [2.45, 2.75) is 232 Å². The van der Waals surface area contributed by atoms with Crippen molar-refractivity contribution in [1.82, 2.24) is 10.2 Å². The Morgan fingerprint density at radius 3 is 1.26 bits per heavy atom. The molecule has 4 heteroatoms. The second-order valence-electron chi connectivity index (χ2n) is 14.7. The molecule has 1 N–H and O–H groups in total. The molecule has 0 aromatic carbocycles. The Hall–Kier alpha value is -1.06. The zero-order chi connectivity index (χ0) is 33.0. The van der Waals surface area contributed by atoms with E-state index in [0.717, 1.165) is 39.0 Å². The minimum Gasteiger partial charge on any atom is -0.357 e. The fourth-order valence-corrected chi connectivity index (χ4v) is 7.09. The third kappa shape index (κ3) is 29.1. The van der Waals surface area contributed by atoms with Gasteiger partial charge in [0.1, 0.15) is 0 Å². The summed E-state index contributed by atoms with van der Waals surface area (Å²) < 4.78 is 0. The molecule has 1 aliphatic rings. The van der Waals surface area contributed by atoms with Gasteiger partial charge in [-0.3, -0.25) is 9.79 Å². The molecule has 0 fully saturated rings. The predicted molar refractivity (Wildman–Crippen MR) is 205 cm³/mol. The van der Waals surface area contributed by atoms with Crippen LogP contribution in [-0.2, 0) is 4.79 Å². The smallest absolute Gasteiger partial charge is 0.220 e. The number of nitrogens with one attached hydrogen (secondary N) is 1. The molecule has 272 valence electrons. The molecule has 1 amide bonds. The summed E-state index contributed by atoms with van der Waals surface area (Å²) in [6.45, 7) is 8.23. The third-order valence-corrected chi connectivity index (χ3v) is 10.2. The maximum atomic E-state index is 12.3. The highest BCUT2D eigenvalue weighted by molar-refractivity contribution is 5.83. The molecule has 0 aliphatic carbocycles. The van der Waals surface area contributed by atoms with Gasteiger partial charge in [0.25, 0.3) is 0 Å². The average Bonchev–Trinajstić information content (AvgIpc) is 3.51. The molecule has 0 saturated carbocycles. The summed E-state index contributed by atoms with van der Waals surface area (Å²) >= 11 is 0. The minimum absolute atomic E-state index is 0.237. The predicted octanol–water partition coefficient (Wildman–Crippen LogP) is 13.1. The number of aliphatic imine (C=N–C) groups is 1. The summed E-state index contributed by atoms with van der Waals surface area (Å²) in [5, 5.41) is 3.17. The van der Waals surface area contributed by atoms with Crippen LogP contribution in [0.4, 0.5) is 0 Å². The molecule has 1 rings (SSSR count). The Morgan fingerprint density at radius 2 is 0.870 bits per heavy atom. The molecule has 0 spiro atoms. The molecule has 1 heterocycles. The molecule has 1 aliphatic heterocycles. The van der Waals surface area contributed by atoms with Crippen molar-refractivity contribution < 1.29 is 4.79 Å². The van der Waals surface area contributed by atoms with Crippen LogP contribution >= 0.6 is 0 Å². The summed E-state index contributed by atoms with van der Waals surface area (Å²) in [5.41, 5.74) is 0. The molecule has 4 nitrogen and oxygen atoms in total. The lowest BCUT2D eigenvalue weighted by molar-refractivity contribution is -0.121. The van der Waals surface area contributed by atoms with Crippen LogP contribution in [0.2, 0.25) is 0 Å². The number of rotatable bonds is 37. The first kappa shape index (κ1) is 43.0. The number of unbranched alkanes of at least 4 members (excludes halogenated alkanes) is 30. The van der Waals surface area contributed by atoms with Crippen LogP contribution in [-0.4, -0.2) is 42.8 Å². The van der Waals surface area contributed by atoms with Gasteiger partial charge in [-0.05, 0) is 12.8 Å². The first-order valence-electron chi connectivity index (χ1n) is 21.3. The van der Waals surface area contributed by atoms with Crippen molar-refractivity contribution in [2.24, 2.45) is 4.99 Å². The number of carbonyl (C=O) groups excluding carboxylic acids is 1. The van der Waals surface area contributed by atoms with Crippen molar-refractivity contribution in [3.8, 4) is 0 Å². The Kier molecular flexibility index (Phi) is 32.9. The van der Waals surface area contributed by atoms with Crippen molar-refractivity contribution >= 4 is 11.7 Å². The van der Waals surface area contributed by atoms with Crippen molar-refractivity contribution in [3.05, 3.63) is 0 Å². The average molecular weight is 646 g/mol. The number of nitrogens with zero attached hydrogens (tertiary/aromatic N) is 2. The van der Waals surface area contributed by atoms with Gasteiger partial charge in [-0.25, -0.2) is 0 Å². The van der Waals surface area contributed by atoms with E-state index in [1.807, 2.05) is 0 Å². The van der Waals surface area contributed by atoms with Crippen LogP contribution in [0.5, 0.6) is 0 Å². The SMILES string of the molecule is CCCCCCCCCCCCCCCCCCC(=O)NCCN1CCN=C1CCCCCCCCCCCCCCCCCC. The van der Waals surface area contributed by atoms with Crippen molar-refractivity contribution in [3.63, 3.8) is 0 Å². The molecule has 0 saturated heterocycles. The molecular weight excluding hydrogens is 562 g/mol. The van der Waals surface area contributed by atoms with Crippen LogP contribution < -0.4 is 5.32 Å². The fourth-order valence-electron chi connectivity index (χ4n) is 7.09. The molecular formula is C42H83N3O. The van der Waals surface area contributed by atoms with E-state index in [1.54, 1.807) is 0 Å². The standard InChI is InChI=1S/C42H83N3O/c1-3-5-7-9-11-13-15-17-19-21-23-25-27-29-31-33-35-41-43-37-39-45(41)40-38-44-42(46)36-34-32-30-28-26-24-22-20-18-16-14-12-10-8-6-4-2/h3-40H2,1-2H3,(H,44,46). The van der Waals surface area contributed by atoms with Gasteiger partial charge >= 0.3 is 0 Å². The maximum Gasteiger partial charge on any atom is 0.220 e. The Labute approximate surface area is 289 Å². The van der Waals surface area contributed by atoms with E-state index in [4.69, 9.17) is 4.99 Å². The second-order valence-corrected chi connectivity index (χ2v) is 14.7. The van der Waals surface area contributed by atoms with E-state index in [2.05, 4.69) is 24.1 Å². The second kappa shape index (κ2) is 35.3. The highest BCUT2D eigenvalue weighted by atomic mass is 16.1. The van der Waals surface area contributed by atoms with E-state index in [-0.39, 0.29) is 5.91 Å². The number of amidine groups is 1. The Balaban J connectivity index is 1.83. The van der Waals surface area contributed by atoms with Gasteiger partial charge in [-0.2, -0.15) is 0 Å². The topological polar surface area (TPSA) is 44.7 Å². The zero-order valence-electron chi connectivity index (χ0n) is 31.7. The van der Waals surface area contributed by atoms with Crippen molar-refractivity contribution in [2.75, 3.05) is 26.2 Å². The van der Waals surface area contributed by atoms with Gasteiger partial charge in [0, 0.05) is 32.5 Å². The number of hydrogen-bond donors (Lipinski definition) is 1. The first-order valence-corrected chi connectivity index (χ1v) is 21.3. The molecule has 0 aromatic rings. The largest absolute Gasteiger partial charge is 0.357 e. The highest BCUT2D eigenvalue weighted by Gasteiger charge is 2.16. The van der Waals surface area contributed by atoms with E-state index in [0.29, 0.717) is 6.42 Å². The van der Waals surface area contributed by atoms with Crippen LogP contribution in [0.3, 0.4) is 0 Å². The molecule has 0 radical (unpaired) electrons. The number of amides is 1. The molecule has 0 aromatic heterocycles. The lowest BCUT2D eigenvalue weighted by atomic mass is 10.0. The zero-order valence-corrected chi connectivity index (χ0v) is 31.7. The molecule has 0 unspecified atom stereocenters. The van der Waals surface area contributed by atoms with E-state index in [1.165, 1.54) is 205 Å². The molecule has 46 heavy (non-hydrogen) atoms. The third-order valence-electron chi connectivity index (χ3n) is 10.2. The van der Waals surface area contributed by atoms with Gasteiger partial charge in [-0.1, -0.05) is 206 Å². The molecule has 0 atom stereocenters. The number of hydrogen-bond acceptors (Lipinski definition) is 3. The highest BCUT2D eigenvalue weighted by Crippen LogP contribution is 2.16. The van der Waals surface area contributed by atoms with E-state index >= 15 is 0 Å². The summed E-state index contributed by atoms with van der Waals surface area (Å²) in [5.74, 6) is 1.53. The van der Waals surface area contributed by atoms with Gasteiger partial charge in [0.2, 0.25) is 5.91 Å². The Morgan fingerprint density at radius 1 is 0.522 bits per heavy atom. The summed E-state index contributed by atoms with van der Waals surface area (Å²) in [4.78, 5) is 19.5. The van der Waals surface area contributed by atoms with Crippen LogP contribution in [0.1, 0.15) is 232 Å². The lowest BCUT2D eigenvalue weighted by Crippen LogP contribution is -2.36. The normalized spacial score (nSPS) is 13.1. The summed E-state index contributed by atoms with van der Waals surface area (Å²) in [6.07, 6.45) is 46.4. The Bertz CT molecular complexity index is 663. The van der Waals surface area contributed by atoms with Gasteiger partial charge in [0.05, 0.1) is 12.4 Å². The molecule has 0 bridgehead atoms. The quantitative estimate of drug-likeness (QED) is 0.0683. The lowest BCUT2D eigenvalue weighted by Gasteiger charge is -2.20. The summed E-state index contributed by atoms with van der Waals surface area (Å²) in [6, 6.07) is 0. The number of carbonyl (C=O) groups is 1. The van der Waals surface area contributed by atoms with Gasteiger partial charge < -0.3 is 10.2 Å². The van der Waals surface area contributed by atoms with Crippen LogP contribution in [0, 0.1) is 0 Å². The van der Waals surface area contributed by atoms with Gasteiger partial charge in [-0.15, -0.1) is 0 Å². The van der Waals surface area contributed by atoms with E-state index in [9.17, 15) is 4.79 Å². The van der Waals surface area contributed by atoms with Crippen LogP contribution in [0.25, 0.3) is 0 Å². The van der Waals surface area contributed by atoms with Crippen LogP contribution in [0.15, 0.2) is 4.99 Å². The fraction of sp³-hybridized carbons (Fsp3) is 0.952. The van der Waals surface area contributed by atoms with Gasteiger partial charge in [0.15, 0.2) is 0 Å². The van der Waals surface area contributed by atoms with Crippen molar-refractivity contribution in [1.29, 1.82) is 0 Å². The first-order chi connectivity index (χ1) is 22.8. The van der Waals surface area contributed by atoms with E-state index < -0.39 is 0 Å².